The topological polar surface area (TPSA) is 61.9 Å². The van der Waals surface area contributed by atoms with Crippen LogP contribution in [0, 0.1) is 13.8 Å². The molecule has 4 aromatic rings. The van der Waals surface area contributed by atoms with E-state index in [0.717, 1.165) is 33.2 Å². The van der Waals surface area contributed by atoms with Crippen molar-refractivity contribution in [2.45, 2.75) is 31.7 Å². The number of imidazole rings is 1. The van der Waals surface area contributed by atoms with Crippen molar-refractivity contribution in [3.05, 3.63) is 75.9 Å². The first-order valence-electron chi connectivity index (χ1n) is 9.67. The van der Waals surface area contributed by atoms with Gasteiger partial charge < -0.3 is 4.98 Å². The van der Waals surface area contributed by atoms with E-state index in [-0.39, 0.29) is 5.91 Å². The first-order valence-corrected chi connectivity index (χ1v) is 11.9. The largest absolute Gasteiger partial charge is 0.333 e. The van der Waals surface area contributed by atoms with Crippen molar-refractivity contribution < 1.29 is 4.79 Å². The fourth-order valence-corrected chi connectivity index (χ4v) is 5.45. The van der Waals surface area contributed by atoms with E-state index >= 15 is 0 Å². The number of H-pyrrole nitrogens is 1. The molecule has 5 nitrogen and oxygen atoms in total. The molecule has 2 aromatic heterocycles. The number of nitrogens with zero attached hydrogens (tertiary/aromatic N) is 3. The van der Waals surface area contributed by atoms with Gasteiger partial charge in [0.15, 0.2) is 10.3 Å². The van der Waals surface area contributed by atoms with Crippen molar-refractivity contribution in [2.24, 2.45) is 0 Å². The normalized spacial score (nSPS) is 11.0. The van der Waals surface area contributed by atoms with E-state index in [1.807, 2.05) is 67.9 Å². The molecule has 1 N–H and O–H groups in total. The van der Waals surface area contributed by atoms with Crippen LogP contribution < -0.4 is 4.90 Å². The number of thioether (sulfide) groups is 1. The number of amides is 1. The van der Waals surface area contributed by atoms with Crippen LogP contribution in [0.5, 0.6) is 0 Å². The summed E-state index contributed by atoms with van der Waals surface area (Å²) in [6, 6.07) is 14.0. The Morgan fingerprint density at radius 2 is 2.00 bits per heavy atom. The number of rotatable bonds is 6. The van der Waals surface area contributed by atoms with Gasteiger partial charge in [-0.15, -0.1) is 11.3 Å². The third-order valence-electron chi connectivity index (χ3n) is 4.66. The lowest BCUT2D eigenvalue weighted by Crippen LogP contribution is -2.24. The van der Waals surface area contributed by atoms with Crippen LogP contribution in [0.2, 0.25) is 5.02 Å². The monoisotopic (exact) mass is 468 g/mol. The van der Waals surface area contributed by atoms with Crippen LogP contribution in [0.3, 0.4) is 0 Å². The second kappa shape index (κ2) is 9.26. The number of thiazole rings is 1. The van der Waals surface area contributed by atoms with E-state index in [9.17, 15) is 4.79 Å². The number of carbonyl (C=O) groups is 1. The van der Waals surface area contributed by atoms with Crippen molar-refractivity contribution in [1.29, 1.82) is 0 Å². The molecule has 0 aliphatic rings. The Hall–Kier alpha value is -2.61. The molecular weight excluding hydrogens is 448 g/mol. The van der Waals surface area contributed by atoms with Gasteiger partial charge in [-0.25, -0.2) is 9.97 Å². The van der Waals surface area contributed by atoms with Gasteiger partial charge in [0.2, 0.25) is 5.91 Å². The van der Waals surface area contributed by atoms with Crippen molar-refractivity contribution in [3.8, 4) is 11.3 Å². The lowest BCUT2D eigenvalue weighted by Gasteiger charge is -2.22. The molecule has 0 spiro atoms. The van der Waals surface area contributed by atoms with Crippen LogP contribution in [0.15, 0.2) is 59.2 Å². The molecular formula is C23H21ClN4OS2. The highest BCUT2D eigenvalue weighted by atomic mass is 35.5. The molecule has 0 aliphatic carbocycles. The maximum Gasteiger partial charge on any atom is 0.230 e. The van der Waals surface area contributed by atoms with Crippen molar-refractivity contribution in [3.63, 3.8) is 0 Å². The fraction of sp³-hybridized carbons (Fsp3) is 0.174. The summed E-state index contributed by atoms with van der Waals surface area (Å²) in [5.74, 6) is 0.519. The summed E-state index contributed by atoms with van der Waals surface area (Å²) in [7, 11) is 0. The molecule has 2 heterocycles. The standard InChI is InChI=1S/C23H21ClN4OS2/c1-14-9-15(2)21(19(24)10-14)28(16(3)29)23-26-18(13-31-23)12-30-22-25-11-20(27-22)17-7-5-4-6-8-17/h4-11,13H,12H2,1-3H3,(H,25,27). The lowest BCUT2D eigenvalue weighted by molar-refractivity contribution is -0.115. The van der Waals surface area contributed by atoms with Gasteiger partial charge in [0.1, 0.15) is 0 Å². The number of carbonyl (C=O) groups excluding carboxylic acids is 1. The second-order valence-electron chi connectivity index (χ2n) is 7.14. The minimum atomic E-state index is -0.124. The number of hydrogen-bond acceptors (Lipinski definition) is 5. The molecule has 0 unspecified atom stereocenters. The van der Waals surface area contributed by atoms with Gasteiger partial charge in [-0.1, -0.05) is 59.8 Å². The second-order valence-corrected chi connectivity index (χ2v) is 9.35. The minimum Gasteiger partial charge on any atom is -0.333 e. The maximum atomic E-state index is 12.5. The van der Waals surface area contributed by atoms with Crippen molar-refractivity contribution >= 4 is 51.4 Å². The van der Waals surface area contributed by atoms with Crippen LogP contribution in [0.1, 0.15) is 23.7 Å². The van der Waals surface area contributed by atoms with Gasteiger partial charge in [0.05, 0.1) is 28.3 Å². The molecule has 158 valence electrons. The van der Waals surface area contributed by atoms with Gasteiger partial charge in [-0.05, 0) is 36.6 Å². The van der Waals surface area contributed by atoms with E-state index in [4.69, 9.17) is 16.6 Å². The Morgan fingerprint density at radius 3 is 2.71 bits per heavy atom. The molecule has 4 rings (SSSR count). The first-order chi connectivity index (χ1) is 14.9. The minimum absolute atomic E-state index is 0.124. The number of aromatic nitrogens is 3. The summed E-state index contributed by atoms with van der Waals surface area (Å²) >= 11 is 9.50. The number of nitrogens with one attached hydrogen (secondary N) is 1. The maximum absolute atomic E-state index is 12.5. The Kier molecular flexibility index (Phi) is 6.46. The molecule has 8 heteroatoms. The Labute approximate surface area is 194 Å². The van der Waals surface area contributed by atoms with Gasteiger partial charge in [-0.2, -0.15) is 0 Å². The summed E-state index contributed by atoms with van der Waals surface area (Å²) < 4.78 is 0. The molecule has 0 fully saturated rings. The van der Waals surface area contributed by atoms with E-state index in [0.29, 0.717) is 21.6 Å². The molecule has 31 heavy (non-hydrogen) atoms. The number of halogens is 1. The lowest BCUT2D eigenvalue weighted by atomic mass is 10.1. The van der Waals surface area contributed by atoms with Crippen molar-refractivity contribution in [2.75, 3.05) is 4.90 Å². The molecule has 0 radical (unpaired) electrons. The van der Waals surface area contributed by atoms with Crippen LogP contribution in [-0.4, -0.2) is 20.9 Å². The number of aryl methyl sites for hydroxylation is 2. The third-order valence-corrected chi connectivity index (χ3v) is 6.75. The number of aromatic amines is 1. The first kappa shape index (κ1) is 21.6. The summed E-state index contributed by atoms with van der Waals surface area (Å²) in [5.41, 5.74) is 5.64. The average molecular weight is 469 g/mol. The molecule has 0 aliphatic heterocycles. The zero-order valence-corrected chi connectivity index (χ0v) is 19.7. The predicted molar refractivity (Wildman–Crippen MR) is 129 cm³/mol. The average Bonchev–Trinajstić information content (AvgIpc) is 3.39. The number of benzene rings is 2. The molecule has 1 amide bonds. The highest BCUT2D eigenvalue weighted by Gasteiger charge is 2.22. The SMILES string of the molecule is CC(=O)N(c1nc(CSc2ncc(-c3ccccc3)[nH]2)cs1)c1c(C)cc(C)cc1Cl. The Balaban J connectivity index is 1.51. The van der Waals surface area contributed by atoms with Crippen LogP contribution in [0.25, 0.3) is 11.3 Å². The molecule has 0 bridgehead atoms. The van der Waals surface area contributed by atoms with Crippen LogP contribution >= 0.6 is 34.7 Å². The zero-order chi connectivity index (χ0) is 22.0. The number of anilines is 2. The summed E-state index contributed by atoms with van der Waals surface area (Å²) in [4.78, 5) is 26.6. The van der Waals surface area contributed by atoms with Crippen molar-refractivity contribution in [1.82, 2.24) is 15.0 Å². The Bertz CT molecular complexity index is 1200. The third kappa shape index (κ3) is 4.84. The highest BCUT2D eigenvalue weighted by molar-refractivity contribution is 7.98. The number of hydrogen-bond donors (Lipinski definition) is 1. The molecule has 0 saturated carbocycles. The highest BCUT2D eigenvalue weighted by Crippen LogP contribution is 2.38. The van der Waals surface area contributed by atoms with E-state index in [2.05, 4.69) is 9.97 Å². The van der Waals surface area contributed by atoms with Gasteiger partial charge in [-0.3, -0.25) is 9.69 Å². The Morgan fingerprint density at radius 1 is 1.23 bits per heavy atom. The zero-order valence-electron chi connectivity index (χ0n) is 17.3. The van der Waals surface area contributed by atoms with E-state index in [1.165, 1.54) is 18.3 Å². The fourth-order valence-electron chi connectivity index (χ4n) is 3.33. The summed E-state index contributed by atoms with van der Waals surface area (Å²) in [6.07, 6.45) is 1.84. The van der Waals surface area contributed by atoms with Gasteiger partial charge in [0, 0.05) is 18.1 Å². The summed E-state index contributed by atoms with van der Waals surface area (Å²) in [6.45, 7) is 5.46. The predicted octanol–water partition coefficient (Wildman–Crippen LogP) is 6.78. The van der Waals surface area contributed by atoms with Crippen LogP contribution in [0.4, 0.5) is 10.8 Å². The van der Waals surface area contributed by atoms with Crippen LogP contribution in [-0.2, 0) is 10.5 Å². The molecule has 0 atom stereocenters. The quantitative estimate of drug-likeness (QED) is 0.317. The molecule has 2 aromatic carbocycles. The molecule has 0 saturated heterocycles. The van der Waals surface area contributed by atoms with Gasteiger partial charge in [0.25, 0.3) is 0 Å². The smallest absolute Gasteiger partial charge is 0.230 e. The van der Waals surface area contributed by atoms with E-state index < -0.39 is 0 Å². The van der Waals surface area contributed by atoms with Gasteiger partial charge >= 0.3 is 0 Å². The van der Waals surface area contributed by atoms with E-state index in [1.54, 1.807) is 16.7 Å². The summed E-state index contributed by atoms with van der Waals surface area (Å²) in [5, 5.41) is 3.95.